The topological polar surface area (TPSA) is 127 Å². The summed E-state index contributed by atoms with van der Waals surface area (Å²) in [7, 11) is 0. The number of benzene rings is 2. The molecule has 3 rings (SSSR count). The van der Waals surface area contributed by atoms with Gasteiger partial charge in [-0.05, 0) is 5.56 Å². The van der Waals surface area contributed by atoms with Gasteiger partial charge in [-0.3, -0.25) is 10.1 Å². The van der Waals surface area contributed by atoms with Gasteiger partial charge in [-0.2, -0.15) is 9.78 Å². The standard InChI is InChI=1S/C16H13N5O4S/c22-14-7-15(23)13(21(24)25)6-12(14)8-18-20-10-17-19-16(20)26-9-11-4-2-1-3-5-11/h1-8,10,22-23H,9H2/b18-8-. The SMILES string of the molecule is O=[N+]([O-])c1cc(/C=N\n2cnnc2SCc2ccccc2)c(O)cc1O. The van der Waals surface area contributed by atoms with Gasteiger partial charge in [-0.15, -0.1) is 10.2 Å². The molecule has 9 nitrogen and oxygen atoms in total. The van der Waals surface area contributed by atoms with Crippen LogP contribution in [0.2, 0.25) is 0 Å². The molecule has 0 aliphatic carbocycles. The summed E-state index contributed by atoms with van der Waals surface area (Å²) in [5, 5.41) is 42.6. The Bertz CT molecular complexity index is 959. The molecule has 1 heterocycles. The predicted octanol–water partition coefficient (Wildman–Crippen LogP) is 2.77. The Hall–Kier alpha value is -3.40. The van der Waals surface area contributed by atoms with E-state index in [1.54, 1.807) is 0 Å². The highest BCUT2D eigenvalue weighted by Crippen LogP contribution is 2.32. The zero-order chi connectivity index (χ0) is 18.5. The number of phenolic OH excluding ortho intramolecular Hbond substituents is 2. The van der Waals surface area contributed by atoms with E-state index in [9.17, 15) is 20.3 Å². The number of aromatic hydroxyl groups is 2. The van der Waals surface area contributed by atoms with Crippen LogP contribution >= 0.6 is 11.8 Å². The Labute approximate surface area is 151 Å². The smallest absolute Gasteiger partial charge is 0.311 e. The van der Waals surface area contributed by atoms with Crippen molar-refractivity contribution in [1.82, 2.24) is 14.9 Å². The first-order valence-electron chi connectivity index (χ1n) is 7.36. The van der Waals surface area contributed by atoms with Crippen molar-refractivity contribution in [1.29, 1.82) is 0 Å². The third-order valence-corrected chi connectivity index (χ3v) is 4.36. The van der Waals surface area contributed by atoms with Gasteiger partial charge in [0, 0.05) is 23.4 Å². The van der Waals surface area contributed by atoms with Crippen molar-refractivity contribution < 1.29 is 15.1 Å². The highest BCUT2D eigenvalue weighted by Gasteiger charge is 2.16. The molecule has 0 spiro atoms. The molecule has 0 atom stereocenters. The maximum Gasteiger partial charge on any atom is 0.311 e. The minimum absolute atomic E-state index is 0.0854. The van der Waals surface area contributed by atoms with Gasteiger partial charge < -0.3 is 10.2 Å². The van der Waals surface area contributed by atoms with Crippen LogP contribution in [0.15, 0.2) is 59.0 Å². The number of aromatic nitrogens is 3. The van der Waals surface area contributed by atoms with E-state index < -0.39 is 16.4 Å². The zero-order valence-corrected chi connectivity index (χ0v) is 14.1. The third kappa shape index (κ3) is 3.98. The van der Waals surface area contributed by atoms with Crippen molar-refractivity contribution in [2.24, 2.45) is 5.10 Å². The molecule has 1 aromatic heterocycles. The van der Waals surface area contributed by atoms with Crippen LogP contribution in [-0.2, 0) is 5.75 Å². The van der Waals surface area contributed by atoms with Crippen molar-refractivity contribution >= 4 is 23.7 Å². The number of nitro benzene ring substituents is 1. The summed E-state index contributed by atoms with van der Waals surface area (Å²) in [6.07, 6.45) is 2.62. The van der Waals surface area contributed by atoms with Gasteiger partial charge in [0.05, 0.1) is 11.1 Å². The van der Waals surface area contributed by atoms with Crippen molar-refractivity contribution in [2.75, 3.05) is 0 Å². The average molecular weight is 371 g/mol. The molecule has 0 saturated carbocycles. The predicted molar refractivity (Wildman–Crippen MR) is 95.4 cm³/mol. The second-order valence-corrected chi connectivity index (χ2v) is 6.08. The van der Waals surface area contributed by atoms with Gasteiger partial charge in [0.25, 0.3) is 0 Å². The highest BCUT2D eigenvalue weighted by molar-refractivity contribution is 7.98. The lowest BCUT2D eigenvalue weighted by atomic mass is 10.2. The summed E-state index contributed by atoms with van der Waals surface area (Å²) in [4.78, 5) is 10.1. The van der Waals surface area contributed by atoms with Crippen LogP contribution in [0, 0.1) is 10.1 Å². The van der Waals surface area contributed by atoms with E-state index in [1.807, 2.05) is 30.3 Å². The number of thioether (sulfide) groups is 1. The molecule has 0 saturated heterocycles. The van der Waals surface area contributed by atoms with Crippen molar-refractivity contribution in [2.45, 2.75) is 10.9 Å². The number of hydrogen-bond donors (Lipinski definition) is 2. The van der Waals surface area contributed by atoms with E-state index in [0.717, 1.165) is 17.7 Å². The van der Waals surface area contributed by atoms with Crippen LogP contribution in [0.1, 0.15) is 11.1 Å². The quantitative estimate of drug-likeness (QED) is 0.295. The Morgan fingerprint density at radius 1 is 1.23 bits per heavy atom. The van der Waals surface area contributed by atoms with Crippen molar-refractivity contribution in [3.05, 3.63) is 70.0 Å². The van der Waals surface area contributed by atoms with Gasteiger partial charge in [-0.1, -0.05) is 42.1 Å². The lowest BCUT2D eigenvalue weighted by Gasteiger charge is -2.03. The monoisotopic (exact) mass is 371 g/mol. The lowest BCUT2D eigenvalue weighted by molar-refractivity contribution is -0.385. The summed E-state index contributed by atoms with van der Waals surface area (Å²) < 4.78 is 1.39. The summed E-state index contributed by atoms with van der Waals surface area (Å²) >= 11 is 1.42. The number of phenols is 2. The molecule has 0 bridgehead atoms. The fraction of sp³-hybridized carbons (Fsp3) is 0.0625. The van der Waals surface area contributed by atoms with Crippen LogP contribution in [0.25, 0.3) is 0 Å². The van der Waals surface area contributed by atoms with Crippen LogP contribution in [0.3, 0.4) is 0 Å². The Kier molecular flexibility index (Phi) is 5.13. The molecular weight excluding hydrogens is 358 g/mol. The van der Waals surface area contributed by atoms with Gasteiger partial charge in [0.1, 0.15) is 12.1 Å². The summed E-state index contributed by atoms with van der Waals surface area (Å²) in [5.41, 5.74) is 0.678. The molecule has 0 amide bonds. The molecule has 0 fully saturated rings. The van der Waals surface area contributed by atoms with Crippen LogP contribution in [-0.4, -0.2) is 36.2 Å². The summed E-state index contributed by atoms with van der Waals surface area (Å²) in [6.45, 7) is 0. The molecule has 26 heavy (non-hydrogen) atoms. The fourth-order valence-corrected chi connectivity index (χ4v) is 2.89. The molecule has 0 aliphatic rings. The Morgan fingerprint density at radius 3 is 2.73 bits per heavy atom. The number of nitrogens with zero attached hydrogens (tertiary/aromatic N) is 5. The van der Waals surface area contributed by atoms with Gasteiger partial charge in [0.2, 0.25) is 5.16 Å². The molecule has 2 N–H and O–H groups in total. The van der Waals surface area contributed by atoms with E-state index >= 15 is 0 Å². The van der Waals surface area contributed by atoms with E-state index in [-0.39, 0.29) is 11.3 Å². The Morgan fingerprint density at radius 2 is 2.00 bits per heavy atom. The summed E-state index contributed by atoms with van der Waals surface area (Å²) in [6, 6.07) is 11.7. The van der Waals surface area contributed by atoms with Gasteiger partial charge in [-0.25, -0.2) is 0 Å². The minimum Gasteiger partial charge on any atom is -0.507 e. The van der Waals surface area contributed by atoms with Crippen molar-refractivity contribution in [3.63, 3.8) is 0 Å². The van der Waals surface area contributed by atoms with Crippen molar-refractivity contribution in [3.8, 4) is 11.5 Å². The average Bonchev–Trinajstić information content (AvgIpc) is 3.07. The molecule has 0 radical (unpaired) electrons. The first-order valence-corrected chi connectivity index (χ1v) is 8.34. The lowest BCUT2D eigenvalue weighted by Crippen LogP contribution is -1.95. The van der Waals surface area contributed by atoms with E-state index in [0.29, 0.717) is 10.9 Å². The number of nitro groups is 1. The normalized spacial score (nSPS) is 11.1. The minimum atomic E-state index is -0.744. The molecule has 0 aliphatic heterocycles. The maximum atomic E-state index is 10.9. The number of rotatable bonds is 6. The molecule has 2 aromatic carbocycles. The van der Waals surface area contributed by atoms with E-state index in [1.165, 1.54) is 29.0 Å². The summed E-state index contributed by atoms with van der Waals surface area (Å²) in [5.74, 6) is -0.276. The largest absolute Gasteiger partial charge is 0.507 e. The second kappa shape index (κ2) is 7.66. The molecule has 0 unspecified atom stereocenters. The number of hydrogen-bond acceptors (Lipinski definition) is 8. The Balaban J connectivity index is 1.79. The zero-order valence-electron chi connectivity index (χ0n) is 13.3. The van der Waals surface area contributed by atoms with E-state index in [2.05, 4.69) is 15.3 Å². The second-order valence-electron chi connectivity index (χ2n) is 5.13. The van der Waals surface area contributed by atoms with E-state index in [4.69, 9.17) is 0 Å². The van der Waals surface area contributed by atoms with Crippen LogP contribution in [0.4, 0.5) is 5.69 Å². The fourth-order valence-electron chi connectivity index (χ4n) is 2.07. The van der Waals surface area contributed by atoms with Crippen LogP contribution in [0.5, 0.6) is 11.5 Å². The maximum absolute atomic E-state index is 10.9. The van der Waals surface area contributed by atoms with Gasteiger partial charge in [0.15, 0.2) is 5.75 Å². The first-order chi connectivity index (χ1) is 12.5. The molecular formula is C16H13N5O4S. The first kappa shape index (κ1) is 17.4. The van der Waals surface area contributed by atoms with Crippen LogP contribution < -0.4 is 0 Å². The van der Waals surface area contributed by atoms with Gasteiger partial charge >= 0.3 is 5.69 Å². The highest BCUT2D eigenvalue weighted by atomic mass is 32.2. The molecule has 132 valence electrons. The third-order valence-electron chi connectivity index (χ3n) is 3.35. The molecule has 3 aromatic rings. The molecule has 10 heteroatoms.